The van der Waals surface area contributed by atoms with Crippen LogP contribution < -0.4 is 9.62 Å². The van der Waals surface area contributed by atoms with Crippen LogP contribution in [0.15, 0.2) is 77.3 Å². The number of rotatable bonds is 12. The molecule has 3 rings (SSSR count). The summed E-state index contributed by atoms with van der Waals surface area (Å²) in [6.45, 7) is 7.29. The summed E-state index contributed by atoms with van der Waals surface area (Å²) in [6.07, 6.45) is 2.11. The molecule has 0 saturated carbocycles. The van der Waals surface area contributed by atoms with Gasteiger partial charge < -0.3 is 10.2 Å². The minimum absolute atomic E-state index is 0.0870. The Balaban J connectivity index is 2.09. The second-order valence-electron chi connectivity index (χ2n) is 10.2. The van der Waals surface area contributed by atoms with Crippen molar-refractivity contribution in [2.24, 2.45) is 0 Å². The van der Waals surface area contributed by atoms with Crippen molar-refractivity contribution in [3.05, 3.63) is 99.5 Å². The average Bonchev–Trinajstić information content (AvgIpc) is 2.90. The molecule has 0 unspecified atom stereocenters. The Kier molecular flexibility index (Phi) is 10.9. The molecule has 0 aliphatic rings. The number of carbonyl (C=O) groups excluding carboxylic acids is 2. The summed E-state index contributed by atoms with van der Waals surface area (Å²) in [5.74, 6) is -0.745. The van der Waals surface area contributed by atoms with E-state index in [4.69, 9.17) is 0 Å². The van der Waals surface area contributed by atoms with Crippen LogP contribution in [0, 0.1) is 13.8 Å². The minimum Gasteiger partial charge on any atom is -0.352 e. The van der Waals surface area contributed by atoms with Gasteiger partial charge in [-0.15, -0.1) is 0 Å². The van der Waals surface area contributed by atoms with Crippen LogP contribution in [0.4, 0.5) is 5.69 Å². The highest BCUT2D eigenvalue weighted by molar-refractivity contribution is 9.10. The molecule has 0 heterocycles. The van der Waals surface area contributed by atoms with E-state index < -0.39 is 28.5 Å². The number of amides is 2. The topological polar surface area (TPSA) is 86.8 Å². The number of nitrogens with one attached hydrogen (secondary N) is 1. The first kappa shape index (κ1) is 31.4. The second kappa shape index (κ2) is 13.9. The minimum atomic E-state index is -3.82. The van der Waals surface area contributed by atoms with Crippen molar-refractivity contribution in [3.63, 3.8) is 0 Å². The van der Waals surface area contributed by atoms with Crippen molar-refractivity contribution < 1.29 is 18.0 Å². The van der Waals surface area contributed by atoms with Gasteiger partial charge in [0.15, 0.2) is 0 Å². The predicted octanol–water partition coefficient (Wildman–Crippen LogP) is 5.39. The molecule has 0 aliphatic carbocycles. The van der Waals surface area contributed by atoms with Crippen LogP contribution >= 0.6 is 15.9 Å². The molecule has 1 N–H and O–H groups in total. The third kappa shape index (κ3) is 8.66. The van der Waals surface area contributed by atoms with Gasteiger partial charge in [0.05, 0.1) is 11.9 Å². The zero-order chi connectivity index (χ0) is 29.4. The van der Waals surface area contributed by atoms with Crippen LogP contribution in [0.3, 0.4) is 0 Å². The molecule has 0 fully saturated rings. The lowest BCUT2D eigenvalue weighted by Gasteiger charge is -2.34. The molecule has 214 valence electrons. The van der Waals surface area contributed by atoms with Gasteiger partial charge in [0.1, 0.15) is 12.6 Å². The molecule has 40 heavy (non-hydrogen) atoms. The molecule has 0 bridgehead atoms. The first-order chi connectivity index (χ1) is 18.9. The highest BCUT2D eigenvalue weighted by Crippen LogP contribution is 2.25. The normalized spacial score (nSPS) is 12.8. The molecule has 0 radical (unpaired) electrons. The van der Waals surface area contributed by atoms with Crippen molar-refractivity contribution in [2.75, 3.05) is 17.1 Å². The quantitative estimate of drug-likeness (QED) is 0.292. The monoisotopic (exact) mass is 627 g/mol. The third-order valence-electron chi connectivity index (χ3n) is 6.83. The summed E-state index contributed by atoms with van der Waals surface area (Å²) in [6, 6.07) is 21.6. The Hall–Kier alpha value is -3.17. The Morgan fingerprint density at radius 1 is 0.950 bits per heavy atom. The van der Waals surface area contributed by atoms with E-state index in [0.717, 1.165) is 43.7 Å². The molecule has 0 aromatic heterocycles. The fourth-order valence-corrected chi connectivity index (χ4v) is 5.76. The number of aryl methyl sites for hydroxylation is 2. The van der Waals surface area contributed by atoms with E-state index in [2.05, 4.69) is 21.2 Å². The van der Waals surface area contributed by atoms with Crippen LogP contribution in [0.2, 0.25) is 0 Å². The van der Waals surface area contributed by atoms with Crippen LogP contribution in [0.5, 0.6) is 0 Å². The molecule has 2 amide bonds. The summed E-state index contributed by atoms with van der Waals surface area (Å²) < 4.78 is 28.0. The van der Waals surface area contributed by atoms with E-state index in [-0.39, 0.29) is 24.9 Å². The summed E-state index contributed by atoms with van der Waals surface area (Å²) in [7, 11) is -3.82. The first-order valence-electron chi connectivity index (χ1n) is 13.3. The summed E-state index contributed by atoms with van der Waals surface area (Å²) in [5.41, 5.74) is 3.77. The number of nitrogens with zero attached hydrogens (tertiary/aromatic N) is 2. The van der Waals surface area contributed by atoms with Crippen molar-refractivity contribution in [1.82, 2.24) is 10.2 Å². The molecule has 3 aromatic carbocycles. The van der Waals surface area contributed by atoms with E-state index in [1.165, 1.54) is 4.90 Å². The van der Waals surface area contributed by atoms with Gasteiger partial charge in [-0.2, -0.15) is 0 Å². The molecule has 0 saturated heterocycles. The first-order valence-corrected chi connectivity index (χ1v) is 16.0. The number of benzene rings is 3. The van der Waals surface area contributed by atoms with Gasteiger partial charge >= 0.3 is 0 Å². The standard InChI is InChI=1S/C31H38BrN3O4S/c1-6-24(4)33-31(37)29(19-25-11-8-7-9-12-25)34(20-26-13-10-14-27(32)18-26)30(36)21-35(40(5,38)39)28-17-22(2)15-16-23(28)3/h7-18,24,29H,6,19-21H2,1-5H3,(H,33,37)/t24-,29-/m0/s1. The van der Waals surface area contributed by atoms with Gasteiger partial charge in [0, 0.05) is 23.5 Å². The molecule has 9 heteroatoms. The maximum absolute atomic E-state index is 14.2. The SMILES string of the molecule is CC[C@H](C)NC(=O)[C@H](Cc1ccccc1)N(Cc1cccc(Br)c1)C(=O)CN(c1cc(C)ccc1C)S(C)(=O)=O. The highest BCUT2D eigenvalue weighted by atomic mass is 79.9. The lowest BCUT2D eigenvalue weighted by Crippen LogP contribution is -2.54. The molecule has 2 atom stereocenters. The van der Waals surface area contributed by atoms with Gasteiger partial charge in [0.25, 0.3) is 0 Å². The zero-order valence-corrected chi connectivity index (χ0v) is 26.1. The van der Waals surface area contributed by atoms with E-state index in [9.17, 15) is 18.0 Å². The van der Waals surface area contributed by atoms with Crippen LogP contribution in [-0.4, -0.2) is 50.0 Å². The van der Waals surface area contributed by atoms with Gasteiger partial charge in [-0.1, -0.05) is 77.5 Å². The fraction of sp³-hybridized carbons (Fsp3) is 0.355. The fourth-order valence-electron chi connectivity index (χ4n) is 4.41. The van der Waals surface area contributed by atoms with Crippen LogP contribution in [0.25, 0.3) is 0 Å². The van der Waals surface area contributed by atoms with E-state index in [0.29, 0.717) is 5.69 Å². The lowest BCUT2D eigenvalue weighted by atomic mass is 10.0. The summed E-state index contributed by atoms with van der Waals surface area (Å²) in [4.78, 5) is 29.4. The Morgan fingerprint density at radius 2 is 1.62 bits per heavy atom. The van der Waals surface area contributed by atoms with Crippen molar-refractivity contribution >= 4 is 43.5 Å². The zero-order valence-electron chi connectivity index (χ0n) is 23.7. The van der Waals surface area contributed by atoms with E-state index in [1.807, 2.05) is 94.4 Å². The Labute approximate surface area is 246 Å². The predicted molar refractivity (Wildman–Crippen MR) is 165 cm³/mol. The number of anilines is 1. The van der Waals surface area contributed by atoms with Gasteiger partial charge in [-0.3, -0.25) is 13.9 Å². The number of halogens is 1. The largest absolute Gasteiger partial charge is 0.352 e. The van der Waals surface area contributed by atoms with E-state index >= 15 is 0 Å². The van der Waals surface area contributed by atoms with Gasteiger partial charge in [-0.25, -0.2) is 8.42 Å². The molecular formula is C31H38BrN3O4S. The molecular weight excluding hydrogens is 590 g/mol. The van der Waals surface area contributed by atoms with Crippen molar-refractivity contribution in [2.45, 2.75) is 59.2 Å². The van der Waals surface area contributed by atoms with Gasteiger partial charge in [-0.05, 0) is 67.6 Å². The average molecular weight is 629 g/mol. The van der Waals surface area contributed by atoms with Crippen LogP contribution in [-0.2, 0) is 32.6 Å². The Morgan fingerprint density at radius 3 is 2.25 bits per heavy atom. The maximum atomic E-state index is 14.2. The number of sulfonamides is 1. The van der Waals surface area contributed by atoms with Crippen molar-refractivity contribution in [1.29, 1.82) is 0 Å². The number of hydrogen-bond donors (Lipinski definition) is 1. The second-order valence-corrected chi connectivity index (χ2v) is 13.1. The number of hydrogen-bond acceptors (Lipinski definition) is 4. The molecule has 0 aliphatic heterocycles. The molecule has 3 aromatic rings. The summed E-state index contributed by atoms with van der Waals surface area (Å²) in [5, 5.41) is 3.04. The Bertz CT molecular complexity index is 1430. The summed E-state index contributed by atoms with van der Waals surface area (Å²) >= 11 is 3.49. The van der Waals surface area contributed by atoms with Crippen molar-refractivity contribution in [3.8, 4) is 0 Å². The van der Waals surface area contributed by atoms with Gasteiger partial charge in [0.2, 0.25) is 21.8 Å². The molecule has 0 spiro atoms. The highest BCUT2D eigenvalue weighted by Gasteiger charge is 2.33. The third-order valence-corrected chi connectivity index (χ3v) is 8.45. The smallest absolute Gasteiger partial charge is 0.244 e. The lowest BCUT2D eigenvalue weighted by molar-refractivity contribution is -0.140. The maximum Gasteiger partial charge on any atom is 0.244 e. The molecule has 7 nitrogen and oxygen atoms in total. The number of carbonyl (C=O) groups is 2. The van der Waals surface area contributed by atoms with E-state index in [1.54, 1.807) is 6.07 Å². The van der Waals surface area contributed by atoms with Crippen LogP contribution in [0.1, 0.15) is 42.5 Å².